The van der Waals surface area contributed by atoms with Crippen LogP contribution in [0.4, 0.5) is 0 Å². The highest BCUT2D eigenvalue weighted by Gasteiger charge is 2.13. The first-order valence-electron chi connectivity index (χ1n) is 6.26. The monoisotopic (exact) mass is 285 g/mol. The first kappa shape index (κ1) is 15.5. The summed E-state index contributed by atoms with van der Waals surface area (Å²) in [5, 5.41) is 0. The molecule has 5 nitrogen and oxygen atoms in total. The Hall–Kier alpha value is -1.56. The molecular weight excluding hydrogens is 266 g/mol. The molecule has 0 aliphatic carbocycles. The van der Waals surface area contributed by atoms with Crippen molar-refractivity contribution in [2.24, 2.45) is 0 Å². The lowest BCUT2D eigenvalue weighted by Crippen LogP contribution is -2.31. The number of benzene rings is 1. The largest absolute Gasteiger partial charge is 0.494 e. The number of sulfonamides is 1. The molecule has 0 radical (unpaired) electrons. The Morgan fingerprint density at radius 1 is 1.21 bits per heavy atom. The van der Waals surface area contributed by atoms with Crippen LogP contribution in [-0.4, -0.2) is 26.7 Å². The third-order valence-electron chi connectivity index (χ3n) is 2.51. The third-order valence-corrected chi connectivity index (χ3v) is 3.77. The smallest absolute Gasteiger partial charge is 0.264 e. The van der Waals surface area contributed by atoms with Gasteiger partial charge in [-0.3, -0.25) is 4.79 Å². The Morgan fingerprint density at radius 2 is 1.84 bits per heavy atom. The lowest BCUT2D eigenvalue weighted by molar-refractivity contribution is 0.0981. The van der Waals surface area contributed by atoms with Crippen LogP contribution in [0.25, 0.3) is 0 Å². The van der Waals surface area contributed by atoms with Crippen molar-refractivity contribution >= 4 is 15.9 Å². The van der Waals surface area contributed by atoms with Gasteiger partial charge >= 0.3 is 0 Å². The average molecular weight is 285 g/mol. The first-order chi connectivity index (χ1) is 8.98. The van der Waals surface area contributed by atoms with Crippen LogP contribution in [0, 0.1) is 0 Å². The maximum Gasteiger partial charge on any atom is 0.264 e. The number of carbonyl (C=O) groups excluding carboxylic acids is 1. The van der Waals surface area contributed by atoms with E-state index in [1.807, 2.05) is 4.72 Å². The molecule has 1 aromatic rings. The standard InChI is InChI=1S/C13H19NO4S/c1-3-5-10-18-12-8-6-11(7-9-12)13(15)14-19(16,17)4-2/h6-9H,3-5,10H2,1-2H3,(H,14,15). The predicted octanol–water partition coefficient (Wildman–Crippen LogP) is 1.95. The van der Waals surface area contributed by atoms with Gasteiger partial charge in [-0.05, 0) is 37.6 Å². The number of unbranched alkanes of at least 4 members (excludes halogenated alkanes) is 1. The van der Waals surface area contributed by atoms with Gasteiger partial charge in [0.15, 0.2) is 0 Å². The molecule has 106 valence electrons. The highest BCUT2D eigenvalue weighted by molar-refractivity contribution is 7.90. The maximum atomic E-state index is 11.7. The van der Waals surface area contributed by atoms with Gasteiger partial charge in [0.1, 0.15) is 5.75 Å². The van der Waals surface area contributed by atoms with Gasteiger partial charge < -0.3 is 4.74 Å². The van der Waals surface area contributed by atoms with Gasteiger partial charge in [-0.15, -0.1) is 0 Å². The van der Waals surface area contributed by atoms with Crippen molar-refractivity contribution in [3.8, 4) is 5.75 Å². The highest BCUT2D eigenvalue weighted by atomic mass is 32.2. The zero-order valence-electron chi connectivity index (χ0n) is 11.2. The fourth-order valence-electron chi connectivity index (χ4n) is 1.31. The van der Waals surface area contributed by atoms with Crippen LogP contribution in [0.2, 0.25) is 0 Å². The van der Waals surface area contributed by atoms with E-state index in [2.05, 4.69) is 6.92 Å². The van der Waals surface area contributed by atoms with E-state index in [4.69, 9.17) is 4.74 Å². The maximum absolute atomic E-state index is 11.7. The molecule has 0 saturated carbocycles. The molecule has 0 saturated heterocycles. The molecule has 0 heterocycles. The van der Waals surface area contributed by atoms with Crippen molar-refractivity contribution in [3.63, 3.8) is 0 Å². The summed E-state index contributed by atoms with van der Waals surface area (Å²) in [6.07, 6.45) is 2.02. The summed E-state index contributed by atoms with van der Waals surface area (Å²) in [6, 6.07) is 6.40. The molecule has 1 rings (SSSR count). The summed E-state index contributed by atoms with van der Waals surface area (Å²) in [5.74, 6) is -0.0814. The molecule has 0 fully saturated rings. The molecule has 1 N–H and O–H groups in total. The SMILES string of the molecule is CCCCOc1ccc(C(=O)NS(=O)(=O)CC)cc1. The van der Waals surface area contributed by atoms with Crippen molar-refractivity contribution in [2.75, 3.05) is 12.4 Å². The highest BCUT2D eigenvalue weighted by Crippen LogP contribution is 2.12. The second-order valence-corrected chi connectivity index (χ2v) is 6.07. The van der Waals surface area contributed by atoms with Crippen LogP contribution in [0.15, 0.2) is 24.3 Å². The molecular formula is C13H19NO4S. The van der Waals surface area contributed by atoms with Crippen molar-refractivity contribution < 1.29 is 17.9 Å². The number of hydrogen-bond donors (Lipinski definition) is 1. The minimum absolute atomic E-state index is 0.128. The van der Waals surface area contributed by atoms with E-state index in [1.165, 1.54) is 6.92 Å². The number of rotatable bonds is 7. The number of carbonyl (C=O) groups is 1. The van der Waals surface area contributed by atoms with Crippen LogP contribution in [-0.2, 0) is 10.0 Å². The number of nitrogens with one attached hydrogen (secondary N) is 1. The number of ether oxygens (including phenoxy) is 1. The average Bonchev–Trinajstić information content (AvgIpc) is 2.39. The van der Waals surface area contributed by atoms with Gasteiger partial charge in [-0.1, -0.05) is 13.3 Å². The summed E-state index contributed by atoms with van der Waals surface area (Å²) in [4.78, 5) is 11.7. The van der Waals surface area contributed by atoms with Crippen LogP contribution in [0.1, 0.15) is 37.0 Å². The Kier molecular flexibility index (Phi) is 5.82. The Morgan fingerprint density at radius 3 is 2.37 bits per heavy atom. The lowest BCUT2D eigenvalue weighted by atomic mass is 10.2. The van der Waals surface area contributed by atoms with E-state index in [-0.39, 0.29) is 5.75 Å². The Balaban J connectivity index is 2.63. The summed E-state index contributed by atoms with van der Waals surface area (Å²) < 4.78 is 30.0. The first-order valence-corrected chi connectivity index (χ1v) is 7.91. The summed E-state index contributed by atoms with van der Waals surface area (Å²) in [5.41, 5.74) is 0.292. The minimum atomic E-state index is -3.53. The van der Waals surface area contributed by atoms with E-state index >= 15 is 0 Å². The molecule has 1 aromatic carbocycles. The minimum Gasteiger partial charge on any atom is -0.494 e. The molecule has 0 aliphatic rings. The Bertz CT molecular complexity index is 508. The fourth-order valence-corrected chi connectivity index (χ4v) is 1.85. The van der Waals surface area contributed by atoms with E-state index in [1.54, 1.807) is 24.3 Å². The molecule has 0 unspecified atom stereocenters. The molecule has 0 aliphatic heterocycles. The number of hydrogen-bond acceptors (Lipinski definition) is 4. The molecule has 6 heteroatoms. The van der Waals surface area contributed by atoms with Gasteiger partial charge in [0.25, 0.3) is 5.91 Å². The zero-order valence-corrected chi connectivity index (χ0v) is 12.0. The van der Waals surface area contributed by atoms with Crippen molar-refractivity contribution in [1.82, 2.24) is 4.72 Å². The molecule has 0 spiro atoms. The Labute approximate surface area is 114 Å². The summed E-state index contributed by atoms with van der Waals surface area (Å²) in [7, 11) is -3.53. The summed E-state index contributed by atoms with van der Waals surface area (Å²) >= 11 is 0. The van der Waals surface area contributed by atoms with Crippen LogP contribution < -0.4 is 9.46 Å². The molecule has 1 amide bonds. The number of amides is 1. The lowest BCUT2D eigenvalue weighted by Gasteiger charge is -2.07. The molecule has 0 aromatic heterocycles. The third kappa shape index (κ3) is 5.30. The molecule has 19 heavy (non-hydrogen) atoms. The topological polar surface area (TPSA) is 72.5 Å². The van der Waals surface area contributed by atoms with E-state index < -0.39 is 15.9 Å². The predicted molar refractivity (Wildman–Crippen MR) is 73.8 cm³/mol. The van der Waals surface area contributed by atoms with Crippen LogP contribution >= 0.6 is 0 Å². The fraction of sp³-hybridized carbons (Fsp3) is 0.462. The van der Waals surface area contributed by atoms with E-state index in [0.717, 1.165) is 12.8 Å². The van der Waals surface area contributed by atoms with Crippen molar-refractivity contribution in [3.05, 3.63) is 29.8 Å². The van der Waals surface area contributed by atoms with Gasteiger partial charge in [0.05, 0.1) is 12.4 Å². The van der Waals surface area contributed by atoms with Crippen molar-refractivity contribution in [1.29, 1.82) is 0 Å². The second-order valence-electron chi connectivity index (χ2n) is 4.06. The molecule has 0 atom stereocenters. The van der Waals surface area contributed by atoms with Gasteiger partial charge in [0.2, 0.25) is 10.0 Å². The van der Waals surface area contributed by atoms with Crippen LogP contribution in [0.3, 0.4) is 0 Å². The normalized spacial score (nSPS) is 11.1. The zero-order chi connectivity index (χ0) is 14.3. The quantitative estimate of drug-likeness (QED) is 0.777. The summed E-state index contributed by atoms with van der Waals surface area (Å²) in [6.45, 7) is 4.18. The molecule has 0 bridgehead atoms. The van der Waals surface area contributed by atoms with Crippen LogP contribution in [0.5, 0.6) is 5.75 Å². The van der Waals surface area contributed by atoms with E-state index in [0.29, 0.717) is 17.9 Å². The van der Waals surface area contributed by atoms with Gasteiger partial charge in [0, 0.05) is 5.56 Å². The van der Waals surface area contributed by atoms with Crippen molar-refractivity contribution in [2.45, 2.75) is 26.7 Å². The van der Waals surface area contributed by atoms with Gasteiger partial charge in [-0.25, -0.2) is 13.1 Å². The van der Waals surface area contributed by atoms with Gasteiger partial charge in [-0.2, -0.15) is 0 Å². The second kappa shape index (κ2) is 7.13. The van der Waals surface area contributed by atoms with E-state index in [9.17, 15) is 13.2 Å².